The second kappa shape index (κ2) is 8.02. The lowest BCUT2D eigenvalue weighted by Gasteiger charge is -2.21. The van der Waals surface area contributed by atoms with Crippen LogP contribution in [-0.4, -0.2) is 15.1 Å². The fourth-order valence-electron chi connectivity index (χ4n) is 3.67. The predicted octanol–water partition coefficient (Wildman–Crippen LogP) is 6.63. The Kier molecular flexibility index (Phi) is 5.44. The van der Waals surface area contributed by atoms with E-state index >= 15 is 0 Å². The Hall–Kier alpha value is -2.62. The standard InChI is InChI=1S/C24H20Cl2N2O/c1-14-4-3-5-20(27-14)13-22(17-10-18(25)12-19(26)11-17)21-9-8-16-7-6-15(2)28-23(16)24(21)29/h3-12,22,29H,13H2,1-2H3. The van der Waals surface area contributed by atoms with Gasteiger partial charge < -0.3 is 5.11 Å². The Bertz CT molecular complexity index is 1190. The highest BCUT2D eigenvalue weighted by molar-refractivity contribution is 6.34. The maximum atomic E-state index is 11.1. The van der Waals surface area contributed by atoms with Crippen molar-refractivity contribution < 1.29 is 5.11 Å². The van der Waals surface area contributed by atoms with Gasteiger partial charge in [-0.2, -0.15) is 0 Å². The summed E-state index contributed by atoms with van der Waals surface area (Å²) >= 11 is 12.6. The van der Waals surface area contributed by atoms with Crippen LogP contribution in [0.1, 0.15) is 34.1 Å². The summed E-state index contributed by atoms with van der Waals surface area (Å²) in [5.41, 5.74) is 5.03. The number of pyridine rings is 2. The number of aromatic nitrogens is 2. The van der Waals surface area contributed by atoms with Gasteiger partial charge in [0.05, 0.1) is 0 Å². The molecule has 2 aromatic carbocycles. The predicted molar refractivity (Wildman–Crippen MR) is 119 cm³/mol. The van der Waals surface area contributed by atoms with Crippen molar-refractivity contribution in [1.82, 2.24) is 9.97 Å². The zero-order valence-electron chi connectivity index (χ0n) is 16.2. The first-order valence-electron chi connectivity index (χ1n) is 9.38. The maximum absolute atomic E-state index is 11.1. The Labute approximate surface area is 180 Å². The number of aromatic hydroxyl groups is 1. The van der Waals surface area contributed by atoms with Crippen LogP contribution in [0, 0.1) is 13.8 Å². The number of nitrogens with zero attached hydrogens (tertiary/aromatic N) is 2. The lowest BCUT2D eigenvalue weighted by molar-refractivity contribution is 0.469. The van der Waals surface area contributed by atoms with Gasteiger partial charge >= 0.3 is 0 Å². The van der Waals surface area contributed by atoms with Crippen LogP contribution in [-0.2, 0) is 6.42 Å². The Morgan fingerprint density at radius 2 is 1.55 bits per heavy atom. The SMILES string of the molecule is Cc1cccc(CC(c2cc(Cl)cc(Cl)c2)c2ccc3ccc(C)nc3c2O)n1. The second-order valence-corrected chi connectivity index (χ2v) is 8.13. The van der Waals surface area contributed by atoms with E-state index in [1.54, 1.807) is 6.07 Å². The molecule has 1 atom stereocenters. The minimum absolute atomic E-state index is 0.174. The highest BCUT2D eigenvalue weighted by Crippen LogP contribution is 2.39. The molecule has 146 valence electrons. The van der Waals surface area contributed by atoms with E-state index in [0.29, 0.717) is 22.0 Å². The number of benzene rings is 2. The van der Waals surface area contributed by atoms with Crippen molar-refractivity contribution in [3.8, 4) is 5.75 Å². The van der Waals surface area contributed by atoms with E-state index in [1.807, 2.05) is 68.4 Å². The van der Waals surface area contributed by atoms with Crippen LogP contribution in [0.2, 0.25) is 10.0 Å². The third-order valence-electron chi connectivity index (χ3n) is 5.03. The number of phenolic OH excluding ortho intramolecular Hbond substituents is 1. The molecule has 0 amide bonds. The molecule has 2 heterocycles. The summed E-state index contributed by atoms with van der Waals surface area (Å²) in [7, 11) is 0. The molecule has 4 aromatic rings. The van der Waals surface area contributed by atoms with Gasteiger partial charge in [0.25, 0.3) is 0 Å². The van der Waals surface area contributed by atoms with Crippen molar-refractivity contribution in [2.24, 2.45) is 0 Å². The highest BCUT2D eigenvalue weighted by atomic mass is 35.5. The minimum Gasteiger partial charge on any atom is -0.505 e. The summed E-state index contributed by atoms with van der Waals surface area (Å²) < 4.78 is 0. The molecule has 2 aromatic heterocycles. The van der Waals surface area contributed by atoms with Crippen molar-refractivity contribution in [3.05, 3.63) is 98.9 Å². The van der Waals surface area contributed by atoms with Gasteiger partial charge in [-0.15, -0.1) is 0 Å². The number of hydrogen-bond donors (Lipinski definition) is 1. The van der Waals surface area contributed by atoms with E-state index in [4.69, 9.17) is 23.2 Å². The van der Waals surface area contributed by atoms with Crippen LogP contribution < -0.4 is 0 Å². The molecule has 0 aliphatic rings. The normalized spacial score (nSPS) is 12.3. The fourth-order valence-corrected chi connectivity index (χ4v) is 4.22. The van der Waals surface area contributed by atoms with Gasteiger partial charge in [-0.25, -0.2) is 4.98 Å². The zero-order valence-corrected chi connectivity index (χ0v) is 17.7. The second-order valence-electron chi connectivity index (χ2n) is 7.26. The van der Waals surface area contributed by atoms with Crippen LogP contribution in [0.15, 0.2) is 60.7 Å². The number of halogens is 2. The van der Waals surface area contributed by atoms with E-state index in [-0.39, 0.29) is 11.7 Å². The van der Waals surface area contributed by atoms with E-state index in [2.05, 4.69) is 9.97 Å². The quantitative estimate of drug-likeness (QED) is 0.401. The van der Waals surface area contributed by atoms with Crippen LogP contribution in [0.25, 0.3) is 10.9 Å². The fraction of sp³-hybridized carbons (Fsp3) is 0.167. The number of phenols is 1. The smallest absolute Gasteiger partial charge is 0.145 e. The molecule has 0 aliphatic carbocycles. The van der Waals surface area contributed by atoms with Gasteiger partial charge in [-0.05, 0) is 55.8 Å². The van der Waals surface area contributed by atoms with Crippen molar-refractivity contribution in [3.63, 3.8) is 0 Å². The number of fused-ring (bicyclic) bond motifs is 1. The molecule has 0 spiro atoms. The van der Waals surface area contributed by atoms with Crippen molar-refractivity contribution in [2.75, 3.05) is 0 Å². The van der Waals surface area contributed by atoms with Gasteiger partial charge in [0, 0.05) is 50.4 Å². The molecule has 1 N–H and O–H groups in total. The van der Waals surface area contributed by atoms with Gasteiger partial charge in [0.1, 0.15) is 11.3 Å². The topological polar surface area (TPSA) is 46.0 Å². The lowest BCUT2D eigenvalue weighted by atomic mass is 9.86. The maximum Gasteiger partial charge on any atom is 0.145 e. The summed E-state index contributed by atoms with van der Waals surface area (Å²) in [5, 5.41) is 13.1. The third kappa shape index (κ3) is 4.21. The molecule has 0 fully saturated rings. The number of hydrogen-bond acceptors (Lipinski definition) is 3. The average molecular weight is 423 g/mol. The largest absolute Gasteiger partial charge is 0.505 e. The highest BCUT2D eigenvalue weighted by Gasteiger charge is 2.22. The van der Waals surface area contributed by atoms with E-state index in [0.717, 1.165) is 33.6 Å². The molecule has 0 saturated carbocycles. The molecule has 0 saturated heterocycles. The molecule has 0 bridgehead atoms. The number of rotatable bonds is 4. The Morgan fingerprint density at radius 1 is 0.862 bits per heavy atom. The molecule has 5 heteroatoms. The van der Waals surface area contributed by atoms with E-state index < -0.39 is 0 Å². The summed E-state index contributed by atoms with van der Waals surface area (Å²) in [4.78, 5) is 9.20. The molecule has 3 nitrogen and oxygen atoms in total. The first kappa shape index (κ1) is 19.7. The molecule has 29 heavy (non-hydrogen) atoms. The average Bonchev–Trinajstić information content (AvgIpc) is 2.66. The van der Waals surface area contributed by atoms with Crippen LogP contribution in [0.4, 0.5) is 0 Å². The molecular weight excluding hydrogens is 403 g/mol. The van der Waals surface area contributed by atoms with Gasteiger partial charge in [0.2, 0.25) is 0 Å². The summed E-state index contributed by atoms with van der Waals surface area (Å²) in [6.45, 7) is 3.88. The molecular formula is C24H20Cl2N2O. The van der Waals surface area contributed by atoms with Gasteiger partial charge in [-0.3, -0.25) is 4.98 Å². The monoisotopic (exact) mass is 422 g/mol. The summed E-state index contributed by atoms with van der Waals surface area (Å²) in [6, 6.07) is 19.3. The van der Waals surface area contributed by atoms with Crippen LogP contribution in [0.5, 0.6) is 5.75 Å². The van der Waals surface area contributed by atoms with Crippen molar-refractivity contribution in [2.45, 2.75) is 26.2 Å². The minimum atomic E-state index is -0.174. The first-order valence-corrected chi connectivity index (χ1v) is 10.1. The number of aryl methyl sites for hydroxylation is 2. The van der Waals surface area contributed by atoms with Crippen LogP contribution in [0.3, 0.4) is 0 Å². The van der Waals surface area contributed by atoms with Crippen molar-refractivity contribution in [1.29, 1.82) is 0 Å². The molecule has 0 radical (unpaired) electrons. The Balaban J connectivity index is 1.90. The van der Waals surface area contributed by atoms with Crippen LogP contribution >= 0.6 is 23.2 Å². The van der Waals surface area contributed by atoms with Gasteiger partial charge in [-0.1, -0.05) is 47.5 Å². The zero-order chi connectivity index (χ0) is 20.5. The molecule has 4 rings (SSSR count). The summed E-state index contributed by atoms with van der Waals surface area (Å²) in [5.74, 6) is 0.00663. The Morgan fingerprint density at radius 3 is 2.28 bits per heavy atom. The molecule has 1 unspecified atom stereocenters. The lowest BCUT2D eigenvalue weighted by Crippen LogP contribution is -2.08. The summed E-state index contributed by atoms with van der Waals surface area (Å²) in [6.07, 6.45) is 0.600. The van der Waals surface area contributed by atoms with Gasteiger partial charge in [0.15, 0.2) is 0 Å². The van der Waals surface area contributed by atoms with E-state index in [9.17, 15) is 5.11 Å². The van der Waals surface area contributed by atoms with E-state index in [1.165, 1.54) is 0 Å². The molecule has 0 aliphatic heterocycles. The first-order chi connectivity index (χ1) is 13.9. The third-order valence-corrected chi connectivity index (χ3v) is 5.46. The van der Waals surface area contributed by atoms with Crippen molar-refractivity contribution >= 4 is 34.1 Å².